The zero-order chi connectivity index (χ0) is 55.3. The minimum absolute atomic E-state index is 0.0244. The quantitative estimate of drug-likeness (QED) is 0.162. The molecule has 5 aliphatic rings. The molecule has 0 aliphatic heterocycles. The first-order valence-corrected chi connectivity index (χ1v) is 28.1. The summed E-state index contributed by atoms with van der Waals surface area (Å²) in [6.07, 6.45) is 19.0. The van der Waals surface area contributed by atoms with Gasteiger partial charge in [0.25, 0.3) is 0 Å². The van der Waals surface area contributed by atoms with E-state index >= 15 is 0 Å². The van der Waals surface area contributed by atoms with E-state index < -0.39 is 5.97 Å². The number of rotatable bonds is 7. The van der Waals surface area contributed by atoms with Gasteiger partial charge in [-0.3, -0.25) is 0 Å². The van der Waals surface area contributed by atoms with Crippen LogP contribution in [-0.2, 0) is 43.3 Å². The second-order valence-electron chi connectivity index (χ2n) is 27.2. The standard InChI is InChI=1S/C25H28O2.C25H30.C24H28/c1-16-14-20-21(24(4,5)11-10-23(20,2)3)15-19(16)25(12-13-25)18-8-6-17(7-9-18)22(26)27;1-17-7-9-19(10-8-17)25(13-14-25)20-16-22-21(15-18(20)2)23(3,4)11-12-24(22,5)6;1-16-8-10-19(11-9-16)18(3)20-15-22-21(14-17(20)2)23(4,5)12-13-24(22,6)7/h6-11,14-15H,12-13H2,1-5H3,(H,26,27);7-12,15-16H,13-14H2,1-6H3;8-15H,3H2,1-2,4-7H3. The van der Waals surface area contributed by atoms with Crippen molar-refractivity contribution in [2.75, 3.05) is 0 Å². The molecule has 0 unspecified atom stereocenters. The largest absolute Gasteiger partial charge is 0.478 e. The maximum atomic E-state index is 11.2. The van der Waals surface area contributed by atoms with E-state index in [9.17, 15) is 9.90 Å². The summed E-state index contributed by atoms with van der Waals surface area (Å²) in [4.78, 5) is 11.2. The molecule has 0 radical (unpaired) electrons. The van der Waals surface area contributed by atoms with Crippen LogP contribution in [0.15, 0.2) is 152 Å². The summed E-state index contributed by atoms with van der Waals surface area (Å²) >= 11 is 0. The van der Waals surface area contributed by atoms with Crippen molar-refractivity contribution in [3.05, 3.63) is 252 Å². The third-order valence-corrected chi connectivity index (χ3v) is 18.6. The number of benzene rings is 6. The predicted molar refractivity (Wildman–Crippen MR) is 323 cm³/mol. The summed E-state index contributed by atoms with van der Waals surface area (Å²) in [6, 6.07) is 39.9. The molecule has 0 aromatic heterocycles. The van der Waals surface area contributed by atoms with Crippen molar-refractivity contribution in [1.82, 2.24) is 0 Å². The van der Waals surface area contributed by atoms with Gasteiger partial charge < -0.3 is 5.11 Å². The van der Waals surface area contributed by atoms with Gasteiger partial charge in [-0.15, -0.1) is 0 Å². The second kappa shape index (κ2) is 18.7. The molecule has 0 spiro atoms. The van der Waals surface area contributed by atoms with Crippen LogP contribution in [0.3, 0.4) is 0 Å². The maximum Gasteiger partial charge on any atom is 0.335 e. The first kappa shape index (κ1) is 54.5. The minimum Gasteiger partial charge on any atom is -0.478 e. The number of aromatic carboxylic acids is 1. The van der Waals surface area contributed by atoms with Crippen LogP contribution >= 0.6 is 0 Å². The number of hydrogen-bond acceptors (Lipinski definition) is 1. The van der Waals surface area contributed by atoms with E-state index in [-0.39, 0.29) is 43.3 Å². The Labute approximate surface area is 458 Å². The van der Waals surface area contributed by atoms with E-state index in [1.807, 2.05) is 12.1 Å². The average Bonchev–Trinajstić information content (AvgIpc) is 4.37. The zero-order valence-electron chi connectivity index (χ0n) is 49.2. The summed E-state index contributed by atoms with van der Waals surface area (Å²) in [5.41, 5.74) is 25.8. The number of carboxylic acid groups (broad SMARTS) is 1. The summed E-state index contributed by atoms with van der Waals surface area (Å²) in [6.45, 7) is 43.1. The fourth-order valence-electron chi connectivity index (χ4n) is 12.9. The highest BCUT2D eigenvalue weighted by atomic mass is 16.4. The van der Waals surface area contributed by atoms with Crippen molar-refractivity contribution in [3.8, 4) is 0 Å². The smallest absolute Gasteiger partial charge is 0.335 e. The Morgan fingerprint density at radius 3 is 0.974 bits per heavy atom. The van der Waals surface area contributed by atoms with Crippen LogP contribution in [0.25, 0.3) is 5.57 Å². The van der Waals surface area contributed by atoms with Crippen LogP contribution in [0.4, 0.5) is 0 Å². The van der Waals surface area contributed by atoms with Gasteiger partial charge in [0.2, 0.25) is 0 Å². The summed E-state index contributed by atoms with van der Waals surface area (Å²) < 4.78 is 0. The molecule has 1 N–H and O–H groups in total. The summed E-state index contributed by atoms with van der Waals surface area (Å²) in [5.74, 6) is -0.868. The number of carboxylic acids is 1. The number of aryl methyl sites for hydroxylation is 5. The van der Waals surface area contributed by atoms with Gasteiger partial charge in [0.05, 0.1) is 5.56 Å². The monoisotopic (exact) mass is 1010 g/mol. The van der Waals surface area contributed by atoms with Crippen LogP contribution < -0.4 is 0 Å². The molecule has 5 aliphatic carbocycles. The molecule has 2 nitrogen and oxygen atoms in total. The zero-order valence-corrected chi connectivity index (χ0v) is 49.2. The molecule has 2 saturated carbocycles. The van der Waals surface area contributed by atoms with Crippen molar-refractivity contribution < 1.29 is 9.90 Å². The Morgan fingerprint density at radius 2 is 0.645 bits per heavy atom. The topological polar surface area (TPSA) is 37.3 Å². The van der Waals surface area contributed by atoms with E-state index in [1.165, 1.54) is 102 Å². The molecule has 0 bridgehead atoms. The molecule has 0 heterocycles. The number of fused-ring (bicyclic) bond motifs is 3. The molecular weight excluding hydrogens is 921 g/mol. The molecule has 0 saturated heterocycles. The van der Waals surface area contributed by atoms with Gasteiger partial charge >= 0.3 is 5.97 Å². The van der Waals surface area contributed by atoms with E-state index in [1.54, 1.807) is 17.7 Å². The van der Waals surface area contributed by atoms with Gasteiger partial charge in [-0.1, -0.05) is 228 Å². The minimum atomic E-state index is -0.868. The number of carbonyl (C=O) groups is 1. The summed E-state index contributed by atoms with van der Waals surface area (Å²) in [5, 5.41) is 9.19. The summed E-state index contributed by atoms with van der Waals surface area (Å²) in [7, 11) is 0. The number of hydrogen-bond donors (Lipinski definition) is 1. The Bertz CT molecular complexity index is 3360. The Morgan fingerprint density at radius 1 is 0.368 bits per heavy atom. The third kappa shape index (κ3) is 9.89. The van der Waals surface area contributed by atoms with Crippen LogP contribution in [0.2, 0.25) is 0 Å². The molecule has 0 amide bonds. The van der Waals surface area contributed by atoms with Crippen molar-refractivity contribution in [1.29, 1.82) is 0 Å². The predicted octanol–water partition coefficient (Wildman–Crippen LogP) is 18.9. The highest BCUT2D eigenvalue weighted by Gasteiger charge is 2.49. The van der Waals surface area contributed by atoms with E-state index in [4.69, 9.17) is 0 Å². The molecular formula is C74H86O2. The lowest BCUT2D eigenvalue weighted by atomic mass is 9.66. The lowest BCUT2D eigenvalue weighted by Crippen LogP contribution is -2.30. The Hall–Kier alpha value is -6.25. The van der Waals surface area contributed by atoms with Crippen molar-refractivity contribution in [2.45, 2.75) is 187 Å². The lowest BCUT2D eigenvalue weighted by molar-refractivity contribution is 0.0696. The van der Waals surface area contributed by atoms with Crippen LogP contribution in [0.1, 0.15) is 214 Å². The Balaban J connectivity index is 0.000000140. The molecule has 2 heteroatoms. The Kier molecular flexibility index (Phi) is 13.5. The molecule has 0 atom stereocenters. The van der Waals surface area contributed by atoms with Gasteiger partial charge in [0.15, 0.2) is 0 Å². The molecule has 6 aromatic rings. The highest BCUT2D eigenvalue weighted by Crippen LogP contribution is 2.58. The maximum absolute atomic E-state index is 11.2. The molecule has 6 aromatic carbocycles. The first-order valence-electron chi connectivity index (χ1n) is 28.1. The van der Waals surface area contributed by atoms with Crippen LogP contribution in [0, 0.1) is 34.6 Å². The molecule has 11 rings (SSSR count). The normalized spacial score (nSPS) is 20.0. The first-order chi connectivity index (χ1) is 35.3. The van der Waals surface area contributed by atoms with Gasteiger partial charge in [-0.25, -0.2) is 4.79 Å². The number of allylic oxidation sites excluding steroid dienone is 6. The van der Waals surface area contributed by atoms with Crippen molar-refractivity contribution in [3.63, 3.8) is 0 Å². The molecule has 394 valence electrons. The third-order valence-electron chi connectivity index (χ3n) is 18.6. The molecule has 2 fully saturated rings. The molecule has 76 heavy (non-hydrogen) atoms. The highest BCUT2D eigenvalue weighted by molar-refractivity contribution is 5.87. The average molecular weight is 1010 g/mol. The SMILES string of the molecule is C=C(c1ccc(C)cc1)c1cc2c(cc1C)C(C)(C)C=CC2(C)C.Cc1cc2c(cc1C1(c3ccc(C(=O)O)cc3)CC1)C(C)(C)C=CC2(C)C.Cc1ccc(C2(c3cc4c(cc3C)C(C)(C)C=CC4(C)C)CC2)cc1. The van der Waals surface area contributed by atoms with E-state index in [0.29, 0.717) is 5.56 Å². The van der Waals surface area contributed by atoms with Crippen LogP contribution in [0.5, 0.6) is 0 Å². The fraction of sp³-hybridized carbons (Fsp3) is 0.392. The van der Waals surface area contributed by atoms with Gasteiger partial charge in [-0.05, 0) is 168 Å². The second-order valence-corrected chi connectivity index (χ2v) is 27.2. The van der Waals surface area contributed by atoms with Gasteiger partial charge in [0, 0.05) is 43.3 Å². The fourth-order valence-corrected chi connectivity index (χ4v) is 12.9. The van der Waals surface area contributed by atoms with Crippen molar-refractivity contribution in [2.24, 2.45) is 0 Å². The van der Waals surface area contributed by atoms with Gasteiger partial charge in [-0.2, -0.15) is 0 Å². The van der Waals surface area contributed by atoms with Crippen LogP contribution in [-0.4, -0.2) is 11.1 Å². The van der Waals surface area contributed by atoms with Crippen molar-refractivity contribution >= 4 is 11.5 Å². The van der Waals surface area contributed by atoms with E-state index in [0.717, 1.165) is 18.4 Å². The van der Waals surface area contributed by atoms with E-state index in [2.05, 4.69) is 246 Å². The van der Waals surface area contributed by atoms with Gasteiger partial charge in [0.1, 0.15) is 0 Å². The lowest BCUT2D eigenvalue weighted by Gasteiger charge is -2.38.